The number of anilines is 1. The minimum atomic E-state index is -0.739. The molecule has 2 heterocycles. The summed E-state index contributed by atoms with van der Waals surface area (Å²) in [6, 6.07) is 2.81. The van der Waals surface area contributed by atoms with Gasteiger partial charge < -0.3 is 11.5 Å². The SMILES string of the molecule is NC(=O)Nc1scc(-c2cccnc2)c1C(N)=O. The van der Waals surface area contributed by atoms with E-state index in [0.29, 0.717) is 10.6 Å². The summed E-state index contributed by atoms with van der Waals surface area (Å²) >= 11 is 1.19. The summed E-state index contributed by atoms with van der Waals surface area (Å²) in [6.07, 6.45) is 3.24. The van der Waals surface area contributed by atoms with E-state index in [0.717, 1.165) is 5.56 Å². The van der Waals surface area contributed by atoms with Crippen molar-refractivity contribution >= 4 is 28.3 Å². The lowest BCUT2D eigenvalue weighted by Crippen LogP contribution is -2.21. The Hall–Kier alpha value is -2.41. The number of nitrogens with one attached hydrogen (secondary N) is 1. The molecule has 0 unspecified atom stereocenters. The molecule has 2 aromatic rings. The quantitative estimate of drug-likeness (QED) is 0.777. The van der Waals surface area contributed by atoms with E-state index < -0.39 is 11.9 Å². The maximum Gasteiger partial charge on any atom is 0.317 e. The average Bonchev–Trinajstić information content (AvgIpc) is 2.73. The topological polar surface area (TPSA) is 111 Å². The highest BCUT2D eigenvalue weighted by Crippen LogP contribution is 2.34. The van der Waals surface area contributed by atoms with E-state index in [1.165, 1.54) is 11.3 Å². The molecule has 0 aromatic carbocycles. The number of primary amides is 2. The van der Waals surface area contributed by atoms with Crippen LogP contribution in [0.2, 0.25) is 0 Å². The molecule has 7 heteroatoms. The fourth-order valence-corrected chi connectivity index (χ4v) is 2.52. The van der Waals surface area contributed by atoms with Gasteiger partial charge in [0.1, 0.15) is 5.00 Å². The van der Waals surface area contributed by atoms with E-state index in [9.17, 15) is 9.59 Å². The third-order valence-corrected chi connectivity index (χ3v) is 3.14. The molecule has 2 aromatic heterocycles. The molecule has 0 bridgehead atoms. The molecule has 3 amide bonds. The zero-order valence-corrected chi connectivity index (χ0v) is 10.0. The van der Waals surface area contributed by atoms with Crippen molar-refractivity contribution in [1.29, 1.82) is 0 Å². The van der Waals surface area contributed by atoms with Gasteiger partial charge in [-0.3, -0.25) is 15.1 Å². The molecule has 0 radical (unpaired) electrons. The van der Waals surface area contributed by atoms with Crippen LogP contribution in [0.3, 0.4) is 0 Å². The van der Waals surface area contributed by atoms with E-state index in [-0.39, 0.29) is 5.56 Å². The lowest BCUT2D eigenvalue weighted by Gasteiger charge is -2.03. The first kappa shape index (κ1) is 12.1. The number of carbonyl (C=O) groups is 2. The van der Waals surface area contributed by atoms with Gasteiger partial charge in [0.15, 0.2) is 0 Å². The van der Waals surface area contributed by atoms with Crippen molar-refractivity contribution in [2.24, 2.45) is 11.5 Å². The van der Waals surface area contributed by atoms with Crippen LogP contribution in [0.4, 0.5) is 9.80 Å². The Labute approximate surface area is 107 Å². The molecule has 0 aliphatic rings. The Morgan fingerprint density at radius 2 is 2.11 bits per heavy atom. The molecule has 18 heavy (non-hydrogen) atoms. The predicted molar refractivity (Wildman–Crippen MR) is 69.3 cm³/mol. The van der Waals surface area contributed by atoms with Gasteiger partial charge >= 0.3 is 6.03 Å². The Morgan fingerprint density at radius 1 is 1.33 bits per heavy atom. The molecule has 2 rings (SSSR count). The van der Waals surface area contributed by atoms with Gasteiger partial charge in [0.2, 0.25) is 0 Å². The number of carbonyl (C=O) groups excluding carboxylic acids is 2. The summed E-state index contributed by atoms with van der Waals surface area (Å²) in [5.74, 6) is -0.626. The van der Waals surface area contributed by atoms with Gasteiger partial charge in [-0.2, -0.15) is 0 Å². The number of thiophene rings is 1. The van der Waals surface area contributed by atoms with Gasteiger partial charge in [-0.05, 0) is 6.07 Å². The Balaban J connectivity index is 2.52. The first-order valence-electron chi connectivity index (χ1n) is 4.97. The first-order chi connectivity index (χ1) is 8.59. The van der Waals surface area contributed by atoms with Crippen molar-refractivity contribution in [3.63, 3.8) is 0 Å². The molecule has 0 atom stereocenters. The molecule has 5 N–H and O–H groups in total. The summed E-state index contributed by atoms with van der Waals surface area (Å²) in [7, 11) is 0. The monoisotopic (exact) mass is 262 g/mol. The summed E-state index contributed by atoms with van der Waals surface area (Å²) in [5, 5.41) is 4.45. The number of urea groups is 1. The highest BCUT2D eigenvalue weighted by molar-refractivity contribution is 7.15. The summed E-state index contributed by atoms with van der Waals surface area (Å²) in [5.41, 5.74) is 12.0. The number of rotatable bonds is 3. The molecule has 0 saturated heterocycles. The zero-order chi connectivity index (χ0) is 13.1. The van der Waals surface area contributed by atoms with Gasteiger partial charge in [-0.25, -0.2) is 4.79 Å². The molecule has 92 valence electrons. The molecule has 0 aliphatic carbocycles. The molecular weight excluding hydrogens is 252 g/mol. The molecule has 0 spiro atoms. The third kappa shape index (κ3) is 2.30. The van der Waals surface area contributed by atoms with Crippen molar-refractivity contribution < 1.29 is 9.59 Å². The summed E-state index contributed by atoms with van der Waals surface area (Å²) in [6.45, 7) is 0. The Bertz CT molecular complexity index is 594. The van der Waals surface area contributed by atoms with Crippen LogP contribution >= 0.6 is 11.3 Å². The second-order valence-corrected chi connectivity index (χ2v) is 4.33. The smallest absolute Gasteiger partial charge is 0.317 e. The standard InChI is InChI=1S/C11H10N4O2S/c12-9(16)8-7(6-2-1-3-14-4-6)5-18-10(8)15-11(13)17/h1-5H,(H2,12,16)(H3,13,15,17). The molecule has 6 nitrogen and oxygen atoms in total. The van der Waals surface area contributed by atoms with Crippen molar-refractivity contribution in [3.8, 4) is 11.1 Å². The minimum absolute atomic E-state index is 0.242. The summed E-state index contributed by atoms with van der Waals surface area (Å²) in [4.78, 5) is 26.3. The van der Waals surface area contributed by atoms with Crippen LogP contribution in [0.15, 0.2) is 29.9 Å². The van der Waals surface area contributed by atoms with Crippen LogP contribution in [0.1, 0.15) is 10.4 Å². The Morgan fingerprint density at radius 3 is 2.67 bits per heavy atom. The van der Waals surface area contributed by atoms with Gasteiger partial charge in [-0.15, -0.1) is 11.3 Å². The van der Waals surface area contributed by atoms with Crippen LogP contribution in [0.5, 0.6) is 0 Å². The van der Waals surface area contributed by atoms with Crippen molar-refractivity contribution in [1.82, 2.24) is 4.98 Å². The van der Waals surface area contributed by atoms with Crippen LogP contribution in [0, 0.1) is 0 Å². The number of hydrogen-bond acceptors (Lipinski definition) is 4. The van der Waals surface area contributed by atoms with Gasteiger partial charge in [0, 0.05) is 28.9 Å². The fourth-order valence-electron chi connectivity index (χ4n) is 1.54. The maximum atomic E-state index is 11.5. The molecule has 0 fully saturated rings. The van der Waals surface area contributed by atoms with Gasteiger partial charge in [0.05, 0.1) is 5.56 Å². The second kappa shape index (κ2) is 4.84. The number of pyridine rings is 1. The Kier molecular flexibility index (Phi) is 3.24. The molecular formula is C11H10N4O2S. The average molecular weight is 262 g/mol. The van der Waals surface area contributed by atoms with E-state index in [2.05, 4.69) is 10.3 Å². The summed E-state index contributed by atoms with van der Waals surface area (Å²) < 4.78 is 0. The zero-order valence-electron chi connectivity index (χ0n) is 9.21. The number of amides is 3. The normalized spacial score (nSPS) is 10.0. The lowest BCUT2D eigenvalue weighted by molar-refractivity contribution is 0.100. The predicted octanol–water partition coefficient (Wildman–Crippen LogP) is 1.40. The van der Waals surface area contributed by atoms with Crippen LogP contribution in [0.25, 0.3) is 11.1 Å². The molecule has 0 saturated carbocycles. The number of nitrogens with two attached hydrogens (primary N) is 2. The van der Waals surface area contributed by atoms with Gasteiger partial charge in [0.25, 0.3) is 5.91 Å². The fraction of sp³-hybridized carbons (Fsp3) is 0. The van der Waals surface area contributed by atoms with E-state index in [1.807, 2.05) is 0 Å². The first-order valence-corrected chi connectivity index (χ1v) is 5.85. The van der Waals surface area contributed by atoms with Crippen LogP contribution in [-0.4, -0.2) is 16.9 Å². The van der Waals surface area contributed by atoms with E-state index >= 15 is 0 Å². The van der Waals surface area contributed by atoms with Crippen molar-refractivity contribution in [2.45, 2.75) is 0 Å². The number of aromatic nitrogens is 1. The van der Waals surface area contributed by atoms with E-state index in [4.69, 9.17) is 11.5 Å². The van der Waals surface area contributed by atoms with E-state index in [1.54, 1.807) is 29.9 Å². The number of hydrogen-bond donors (Lipinski definition) is 3. The lowest BCUT2D eigenvalue weighted by atomic mass is 10.1. The van der Waals surface area contributed by atoms with Crippen molar-refractivity contribution in [3.05, 3.63) is 35.5 Å². The largest absolute Gasteiger partial charge is 0.365 e. The minimum Gasteiger partial charge on any atom is -0.365 e. The molecule has 0 aliphatic heterocycles. The number of nitrogens with zero attached hydrogens (tertiary/aromatic N) is 1. The van der Waals surface area contributed by atoms with Crippen LogP contribution in [-0.2, 0) is 0 Å². The highest BCUT2D eigenvalue weighted by Gasteiger charge is 2.18. The second-order valence-electron chi connectivity index (χ2n) is 3.45. The van der Waals surface area contributed by atoms with Crippen LogP contribution < -0.4 is 16.8 Å². The maximum absolute atomic E-state index is 11.5. The highest BCUT2D eigenvalue weighted by atomic mass is 32.1. The van der Waals surface area contributed by atoms with Gasteiger partial charge in [-0.1, -0.05) is 6.07 Å². The van der Waals surface area contributed by atoms with Crippen molar-refractivity contribution in [2.75, 3.05) is 5.32 Å². The third-order valence-electron chi connectivity index (χ3n) is 2.25.